The molecule has 9 heteroatoms. The van der Waals surface area contributed by atoms with Gasteiger partial charge >= 0.3 is 12.4 Å². The minimum atomic E-state index is -4.67. The molecule has 0 aliphatic carbocycles. The molecule has 0 bridgehead atoms. The molecule has 18 heavy (non-hydrogen) atoms. The lowest BCUT2D eigenvalue weighted by Gasteiger charge is -2.11. The van der Waals surface area contributed by atoms with Gasteiger partial charge in [-0.3, -0.25) is 0 Å². The average molecular weight is 294 g/mol. The maximum atomic E-state index is 12.3. The highest BCUT2D eigenvalue weighted by atomic mass is 35.5. The number of ether oxygens (including phenoxy) is 1. The minimum absolute atomic E-state index is 0.488. The van der Waals surface area contributed by atoms with Crippen molar-refractivity contribution >= 4 is 11.6 Å². The van der Waals surface area contributed by atoms with E-state index in [1.165, 1.54) is 0 Å². The Kier molecular flexibility index (Phi) is 4.31. The molecule has 0 N–H and O–H groups in total. The molecule has 1 rings (SSSR count). The first kappa shape index (κ1) is 14.9. The number of halogens is 7. The van der Waals surface area contributed by atoms with E-state index in [0.717, 1.165) is 0 Å². The molecule has 0 unspecified atom stereocenters. The highest BCUT2D eigenvalue weighted by Crippen LogP contribution is 2.32. The third-order valence-corrected chi connectivity index (χ3v) is 1.93. The third-order valence-electron chi connectivity index (χ3n) is 1.73. The van der Waals surface area contributed by atoms with Crippen LogP contribution in [-0.4, -0.2) is 17.8 Å². The van der Waals surface area contributed by atoms with Crippen molar-refractivity contribution in [2.45, 2.75) is 18.8 Å². The van der Waals surface area contributed by atoms with Crippen LogP contribution in [-0.2, 0) is 6.18 Å². The van der Waals surface area contributed by atoms with Gasteiger partial charge in [-0.25, -0.2) is 4.98 Å². The molecule has 102 valence electrons. The average Bonchev–Trinajstić information content (AvgIpc) is 2.13. The first-order valence-corrected chi connectivity index (χ1v) is 4.90. The number of nitrogens with zero attached hydrogens (tertiary/aromatic N) is 1. The zero-order valence-corrected chi connectivity index (χ0v) is 9.33. The van der Waals surface area contributed by atoms with Gasteiger partial charge in [-0.1, -0.05) is 11.6 Å². The first-order chi connectivity index (χ1) is 8.08. The van der Waals surface area contributed by atoms with E-state index in [4.69, 9.17) is 11.6 Å². The van der Waals surface area contributed by atoms with Crippen LogP contribution >= 0.6 is 11.6 Å². The summed E-state index contributed by atoms with van der Waals surface area (Å²) in [6.07, 6.45) is -10.4. The molecule has 2 nitrogen and oxygen atoms in total. The topological polar surface area (TPSA) is 22.1 Å². The van der Waals surface area contributed by atoms with Crippen molar-refractivity contribution < 1.29 is 31.1 Å². The van der Waals surface area contributed by atoms with Crippen LogP contribution in [0.25, 0.3) is 0 Å². The van der Waals surface area contributed by atoms with Crippen LogP contribution in [0.1, 0.15) is 12.0 Å². The fourth-order valence-electron chi connectivity index (χ4n) is 0.982. The molecule has 0 saturated carbocycles. The van der Waals surface area contributed by atoms with E-state index >= 15 is 0 Å². The Bertz CT molecular complexity index is 416. The van der Waals surface area contributed by atoms with Crippen LogP contribution in [0.2, 0.25) is 5.15 Å². The summed E-state index contributed by atoms with van der Waals surface area (Å²) >= 11 is 5.31. The standard InChI is InChI=1S/C9H6ClF6NO/c10-6-3-5(9(14,15)16)4-7(17-6)18-2-1-8(11,12)13/h3-4H,1-2H2. The molecule has 0 spiro atoms. The lowest BCUT2D eigenvalue weighted by Crippen LogP contribution is -2.14. The van der Waals surface area contributed by atoms with Gasteiger partial charge in [0, 0.05) is 6.07 Å². The molecule has 1 aromatic rings. The van der Waals surface area contributed by atoms with Gasteiger partial charge in [-0.2, -0.15) is 26.3 Å². The summed E-state index contributed by atoms with van der Waals surface area (Å²) in [5.41, 5.74) is -1.13. The van der Waals surface area contributed by atoms with Gasteiger partial charge in [0.05, 0.1) is 18.6 Å². The fourth-order valence-corrected chi connectivity index (χ4v) is 1.18. The van der Waals surface area contributed by atoms with E-state index in [1.807, 2.05) is 0 Å². The Morgan fingerprint density at radius 2 is 1.72 bits per heavy atom. The van der Waals surface area contributed by atoms with Crippen LogP contribution in [0.4, 0.5) is 26.3 Å². The smallest absolute Gasteiger partial charge is 0.416 e. The summed E-state index contributed by atoms with van der Waals surface area (Å²) < 4.78 is 76.9. The number of alkyl halides is 6. The van der Waals surface area contributed by atoms with E-state index in [2.05, 4.69) is 9.72 Å². The van der Waals surface area contributed by atoms with Crippen LogP contribution in [0.15, 0.2) is 12.1 Å². The van der Waals surface area contributed by atoms with Crippen molar-refractivity contribution in [2.75, 3.05) is 6.61 Å². The molecule has 0 aliphatic rings. The summed E-state index contributed by atoms with van der Waals surface area (Å²) in [4.78, 5) is 3.34. The van der Waals surface area contributed by atoms with Gasteiger partial charge in [-0.15, -0.1) is 0 Å². The molecule has 0 atom stereocenters. The molecule has 0 amide bonds. The van der Waals surface area contributed by atoms with Gasteiger partial charge in [0.1, 0.15) is 5.15 Å². The van der Waals surface area contributed by atoms with E-state index < -0.39 is 42.0 Å². The quantitative estimate of drug-likeness (QED) is 0.619. The SMILES string of the molecule is FC(F)(F)CCOc1cc(C(F)(F)F)cc(Cl)n1. The highest BCUT2D eigenvalue weighted by Gasteiger charge is 2.32. The summed E-state index contributed by atoms with van der Waals surface area (Å²) in [5, 5.41) is -0.508. The van der Waals surface area contributed by atoms with E-state index in [-0.39, 0.29) is 0 Å². The van der Waals surface area contributed by atoms with E-state index in [9.17, 15) is 26.3 Å². The van der Waals surface area contributed by atoms with Crippen molar-refractivity contribution in [1.29, 1.82) is 0 Å². The maximum absolute atomic E-state index is 12.3. The Hall–Kier alpha value is -1.18. The summed E-state index contributed by atoms with van der Waals surface area (Å²) in [5.74, 6) is -0.598. The van der Waals surface area contributed by atoms with Crippen molar-refractivity contribution in [3.8, 4) is 5.88 Å². The van der Waals surface area contributed by atoms with Crippen molar-refractivity contribution in [1.82, 2.24) is 4.98 Å². The van der Waals surface area contributed by atoms with Gasteiger partial charge in [0.15, 0.2) is 0 Å². The Balaban J connectivity index is 2.75. The number of aromatic nitrogens is 1. The maximum Gasteiger partial charge on any atom is 0.416 e. The van der Waals surface area contributed by atoms with Crippen LogP contribution < -0.4 is 4.74 Å². The lowest BCUT2D eigenvalue weighted by atomic mass is 10.2. The van der Waals surface area contributed by atoms with Gasteiger partial charge in [0.25, 0.3) is 0 Å². The number of hydrogen-bond acceptors (Lipinski definition) is 2. The van der Waals surface area contributed by atoms with Gasteiger partial charge in [0.2, 0.25) is 5.88 Å². The van der Waals surface area contributed by atoms with Crippen LogP contribution in [0, 0.1) is 0 Å². The fraction of sp³-hybridized carbons (Fsp3) is 0.444. The second-order valence-electron chi connectivity index (χ2n) is 3.23. The molecule has 0 radical (unpaired) electrons. The van der Waals surface area contributed by atoms with Gasteiger partial charge in [-0.05, 0) is 6.07 Å². The molecule has 1 heterocycles. The van der Waals surface area contributed by atoms with Crippen molar-refractivity contribution in [2.24, 2.45) is 0 Å². The second kappa shape index (κ2) is 5.21. The van der Waals surface area contributed by atoms with E-state index in [1.54, 1.807) is 0 Å². The van der Waals surface area contributed by atoms with Crippen LogP contribution in [0.5, 0.6) is 5.88 Å². The Morgan fingerprint density at radius 1 is 1.11 bits per heavy atom. The predicted molar refractivity (Wildman–Crippen MR) is 50.4 cm³/mol. The zero-order chi connectivity index (χ0) is 14.0. The molecule has 0 aromatic carbocycles. The highest BCUT2D eigenvalue weighted by molar-refractivity contribution is 6.29. The minimum Gasteiger partial charge on any atom is -0.477 e. The van der Waals surface area contributed by atoms with Crippen LogP contribution in [0.3, 0.4) is 0 Å². The zero-order valence-electron chi connectivity index (χ0n) is 8.57. The summed E-state index contributed by atoms with van der Waals surface area (Å²) in [6, 6.07) is 1.04. The second-order valence-corrected chi connectivity index (χ2v) is 3.62. The lowest BCUT2D eigenvalue weighted by molar-refractivity contribution is -0.141. The number of hydrogen-bond donors (Lipinski definition) is 0. The number of rotatable bonds is 3. The molecular formula is C9H6ClF6NO. The molecule has 0 aliphatic heterocycles. The molecule has 1 aromatic heterocycles. The Labute approximate surface area is 103 Å². The van der Waals surface area contributed by atoms with Crippen molar-refractivity contribution in [3.05, 3.63) is 22.8 Å². The largest absolute Gasteiger partial charge is 0.477 e. The number of pyridine rings is 1. The summed E-state index contributed by atoms with van der Waals surface area (Å²) in [7, 11) is 0. The van der Waals surface area contributed by atoms with Gasteiger partial charge < -0.3 is 4.74 Å². The molecule has 0 fully saturated rings. The molecular weight excluding hydrogens is 288 g/mol. The third kappa shape index (κ3) is 4.99. The predicted octanol–water partition coefficient (Wildman–Crippen LogP) is 4.09. The normalized spacial score (nSPS) is 12.6. The first-order valence-electron chi connectivity index (χ1n) is 4.52. The van der Waals surface area contributed by atoms with E-state index in [0.29, 0.717) is 12.1 Å². The van der Waals surface area contributed by atoms with Crippen molar-refractivity contribution in [3.63, 3.8) is 0 Å². The molecule has 0 saturated heterocycles. The Morgan fingerprint density at radius 3 is 2.22 bits per heavy atom. The monoisotopic (exact) mass is 293 g/mol. The summed E-state index contributed by atoms with van der Waals surface area (Å²) in [6.45, 7) is -0.825.